The summed E-state index contributed by atoms with van der Waals surface area (Å²) in [6.07, 6.45) is 1.54. The molecule has 1 heterocycles. The van der Waals surface area contributed by atoms with Gasteiger partial charge in [-0.15, -0.1) is 0 Å². The van der Waals surface area contributed by atoms with Crippen LogP contribution in [0.25, 0.3) is 0 Å². The van der Waals surface area contributed by atoms with Gasteiger partial charge in [0.15, 0.2) is 0 Å². The average molecular weight is 284 g/mol. The van der Waals surface area contributed by atoms with Crippen molar-refractivity contribution in [2.75, 3.05) is 17.2 Å². The third kappa shape index (κ3) is 3.34. The van der Waals surface area contributed by atoms with Crippen LogP contribution in [-0.4, -0.2) is 17.4 Å². The van der Waals surface area contributed by atoms with Crippen molar-refractivity contribution in [1.82, 2.24) is 4.98 Å². The van der Waals surface area contributed by atoms with Crippen LogP contribution in [0.1, 0.15) is 23.0 Å². The molecule has 0 unspecified atom stereocenters. The van der Waals surface area contributed by atoms with E-state index in [1.807, 2.05) is 6.92 Å². The number of carbonyl (C=O) groups is 1. The number of nitrogens with one attached hydrogen (secondary N) is 2. The number of nitriles is 1. The molecule has 0 atom stereocenters. The lowest BCUT2D eigenvalue weighted by Gasteiger charge is -2.08. The Morgan fingerprint density at radius 3 is 2.81 bits per heavy atom. The number of pyridine rings is 1. The Labute approximate surface area is 121 Å². The molecule has 1 aromatic heterocycles. The minimum absolute atomic E-state index is 0.125. The molecule has 0 saturated heterocycles. The third-order valence-corrected chi connectivity index (χ3v) is 2.75. The second kappa shape index (κ2) is 6.48. The van der Waals surface area contributed by atoms with E-state index in [0.717, 1.165) is 18.3 Å². The number of benzene rings is 1. The Morgan fingerprint density at radius 1 is 1.38 bits per heavy atom. The lowest BCUT2D eigenvalue weighted by Crippen LogP contribution is -2.15. The number of halogens is 1. The van der Waals surface area contributed by atoms with Crippen LogP contribution in [0.3, 0.4) is 0 Å². The number of carbonyl (C=O) groups excluding carboxylic acids is 1. The second-order valence-corrected chi connectivity index (χ2v) is 4.19. The highest BCUT2D eigenvalue weighted by Crippen LogP contribution is 2.18. The standard InChI is InChI=1S/C15H13FN4O/c1-2-18-10-6-7-14(19-9-10)15(21)20-13-5-3-4-12(16)11(13)8-17/h3-7,9,18H,2H2,1H3,(H,20,21). The van der Waals surface area contributed by atoms with E-state index < -0.39 is 11.7 Å². The molecule has 21 heavy (non-hydrogen) atoms. The zero-order chi connectivity index (χ0) is 15.2. The molecule has 1 aromatic carbocycles. The van der Waals surface area contributed by atoms with E-state index in [-0.39, 0.29) is 16.9 Å². The molecule has 2 rings (SSSR count). The number of hydrogen-bond acceptors (Lipinski definition) is 4. The monoisotopic (exact) mass is 284 g/mol. The largest absolute Gasteiger partial charge is 0.384 e. The van der Waals surface area contributed by atoms with E-state index >= 15 is 0 Å². The summed E-state index contributed by atoms with van der Waals surface area (Å²) in [5.74, 6) is -1.18. The predicted octanol–water partition coefficient (Wildman–Crippen LogP) is 2.78. The maximum absolute atomic E-state index is 13.4. The molecule has 0 aliphatic carbocycles. The van der Waals surface area contributed by atoms with Gasteiger partial charge >= 0.3 is 0 Å². The number of rotatable bonds is 4. The van der Waals surface area contributed by atoms with Crippen molar-refractivity contribution < 1.29 is 9.18 Å². The average Bonchev–Trinajstić information content (AvgIpc) is 2.48. The van der Waals surface area contributed by atoms with Crippen molar-refractivity contribution in [3.8, 4) is 6.07 Å². The van der Waals surface area contributed by atoms with Crippen molar-refractivity contribution in [1.29, 1.82) is 5.26 Å². The third-order valence-electron chi connectivity index (χ3n) is 2.75. The summed E-state index contributed by atoms with van der Waals surface area (Å²) in [7, 11) is 0. The zero-order valence-electron chi connectivity index (χ0n) is 11.4. The number of anilines is 2. The van der Waals surface area contributed by atoms with Crippen LogP contribution < -0.4 is 10.6 Å². The van der Waals surface area contributed by atoms with Crippen LogP contribution in [-0.2, 0) is 0 Å². The van der Waals surface area contributed by atoms with Crippen LogP contribution in [0.15, 0.2) is 36.5 Å². The van der Waals surface area contributed by atoms with E-state index in [9.17, 15) is 9.18 Å². The first-order chi connectivity index (χ1) is 10.2. The van der Waals surface area contributed by atoms with E-state index in [1.54, 1.807) is 18.2 Å². The molecule has 0 aliphatic rings. The van der Waals surface area contributed by atoms with Gasteiger partial charge in [0, 0.05) is 6.54 Å². The molecule has 0 spiro atoms. The summed E-state index contributed by atoms with van der Waals surface area (Å²) in [4.78, 5) is 16.1. The highest BCUT2D eigenvalue weighted by Gasteiger charge is 2.12. The minimum Gasteiger partial charge on any atom is -0.384 e. The first-order valence-corrected chi connectivity index (χ1v) is 6.35. The molecule has 0 aliphatic heterocycles. The fourth-order valence-corrected chi connectivity index (χ4v) is 1.77. The Balaban J connectivity index is 2.19. The van der Waals surface area contributed by atoms with Gasteiger partial charge in [0.05, 0.1) is 17.6 Å². The van der Waals surface area contributed by atoms with Crippen molar-refractivity contribution >= 4 is 17.3 Å². The van der Waals surface area contributed by atoms with Crippen LogP contribution in [0.4, 0.5) is 15.8 Å². The first kappa shape index (κ1) is 14.5. The van der Waals surface area contributed by atoms with Crippen molar-refractivity contribution in [3.63, 3.8) is 0 Å². The summed E-state index contributed by atoms with van der Waals surface area (Å²) >= 11 is 0. The van der Waals surface area contributed by atoms with Crippen molar-refractivity contribution in [2.24, 2.45) is 0 Å². The lowest BCUT2D eigenvalue weighted by atomic mass is 10.2. The van der Waals surface area contributed by atoms with Crippen LogP contribution in [0, 0.1) is 17.1 Å². The Morgan fingerprint density at radius 2 is 2.19 bits per heavy atom. The summed E-state index contributed by atoms with van der Waals surface area (Å²) in [6, 6.07) is 9.06. The molecule has 1 amide bonds. The zero-order valence-corrected chi connectivity index (χ0v) is 11.4. The highest BCUT2D eigenvalue weighted by molar-refractivity contribution is 6.03. The van der Waals surface area contributed by atoms with E-state index in [0.29, 0.717) is 0 Å². The van der Waals surface area contributed by atoms with E-state index in [2.05, 4.69) is 15.6 Å². The van der Waals surface area contributed by atoms with E-state index in [4.69, 9.17) is 5.26 Å². The molecular weight excluding hydrogens is 271 g/mol. The summed E-state index contributed by atoms with van der Waals surface area (Å²) in [5.41, 5.74) is 0.914. The van der Waals surface area contributed by atoms with Crippen LogP contribution in [0.5, 0.6) is 0 Å². The molecule has 6 heteroatoms. The Bertz CT molecular complexity index is 692. The SMILES string of the molecule is CCNc1ccc(C(=O)Nc2cccc(F)c2C#N)nc1. The number of nitrogens with zero attached hydrogens (tertiary/aromatic N) is 2. The molecule has 0 bridgehead atoms. The molecular formula is C15H13FN4O. The Hall–Kier alpha value is -2.94. The summed E-state index contributed by atoms with van der Waals surface area (Å²) < 4.78 is 13.4. The lowest BCUT2D eigenvalue weighted by molar-refractivity contribution is 0.102. The van der Waals surface area contributed by atoms with Gasteiger partial charge in [-0.05, 0) is 31.2 Å². The van der Waals surface area contributed by atoms with Gasteiger partial charge in [0.25, 0.3) is 5.91 Å². The summed E-state index contributed by atoms with van der Waals surface area (Å²) in [5, 5.41) is 14.5. The molecule has 5 nitrogen and oxygen atoms in total. The number of aromatic nitrogens is 1. The van der Waals surface area contributed by atoms with Gasteiger partial charge in [0.1, 0.15) is 23.1 Å². The van der Waals surface area contributed by atoms with Gasteiger partial charge in [-0.3, -0.25) is 4.79 Å². The fraction of sp³-hybridized carbons (Fsp3) is 0.133. The van der Waals surface area contributed by atoms with Gasteiger partial charge < -0.3 is 10.6 Å². The van der Waals surface area contributed by atoms with Crippen LogP contribution in [0.2, 0.25) is 0 Å². The van der Waals surface area contributed by atoms with Gasteiger partial charge in [-0.1, -0.05) is 6.07 Å². The number of hydrogen-bond donors (Lipinski definition) is 2. The van der Waals surface area contributed by atoms with Gasteiger partial charge in [-0.25, -0.2) is 9.37 Å². The molecule has 2 N–H and O–H groups in total. The minimum atomic E-state index is -0.675. The van der Waals surface area contributed by atoms with Crippen LogP contribution >= 0.6 is 0 Å². The maximum atomic E-state index is 13.4. The quantitative estimate of drug-likeness (QED) is 0.905. The Kier molecular flexibility index (Phi) is 4.46. The van der Waals surface area contributed by atoms with Crippen molar-refractivity contribution in [2.45, 2.75) is 6.92 Å². The molecule has 0 radical (unpaired) electrons. The van der Waals surface area contributed by atoms with E-state index in [1.165, 1.54) is 18.3 Å². The first-order valence-electron chi connectivity index (χ1n) is 6.35. The predicted molar refractivity (Wildman–Crippen MR) is 77.5 cm³/mol. The van der Waals surface area contributed by atoms with Crippen molar-refractivity contribution in [3.05, 3.63) is 53.6 Å². The second-order valence-electron chi connectivity index (χ2n) is 4.19. The molecule has 106 valence electrons. The number of amides is 1. The maximum Gasteiger partial charge on any atom is 0.274 e. The molecule has 0 fully saturated rings. The smallest absolute Gasteiger partial charge is 0.274 e. The van der Waals surface area contributed by atoms with Gasteiger partial charge in [0.2, 0.25) is 0 Å². The molecule has 0 saturated carbocycles. The summed E-state index contributed by atoms with van der Waals surface area (Å²) in [6.45, 7) is 2.70. The fourth-order valence-electron chi connectivity index (χ4n) is 1.77. The topological polar surface area (TPSA) is 77.8 Å². The molecule has 2 aromatic rings. The normalized spacial score (nSPS) is 9.76. The van der Waals surface area contributed by atoms with Gasteiger partial charge in [-0.2, -0.15) is 5.26 Å². The highest BCUT2D eigenvalue weighted by atomic mass is 19.1.